The summed E-state index contributed by atoms with van der Waals surface area (Å²) in [5.41, 5.74) is 8.93. The molecule has 7 heteroatoms. The highest BCUT2D eigenvalue weighted by Gasteiger charge is 2.27. The average Bonchev–Trinajstić information content (AvgIpc) is 2.64. The lowest BCUT2D eigenvalue weighted by Crippen LogP contribution is -2.37. The van der Waals surface area contributed by atoms with Crippen LogP contribution in [0.2, 0.25) is 0 Å². The van der Waals surface area contributed by atoms with E-state index in [4.69, 9.17) is 10.5 Å². The Labute approximate surface area is 153 Å². The van der Waals surface area contributed by atoms with Gasteiger partial charge in [-0.3, -0.25) is 4.79 Å². The number of nitrogens with two attached hydrogens (primary N) is 1. The molecule has 2 heterocycles. The van der Waals surface area contributed by atoms with Crippen LogP contribution in [0.1, 0.15) is 25.3 Å². The second-order valence-electron chi connectivity index (χ2n) is 6.47. The van der Waals surface area contributed by atoms with Gasteiger partial charge < -0.3 is 20.7 Å². The summed E-state index contributed by atoms with van der Waals surface area (Å²) >= 11 is 0. The van der Waals surface area contributed by atoms with E-state index in [9.17, 15) is 4.79 Å². The number of esters is 1. The molecular formula is C19H25N5O2. The van der Waals surface area contributed by atoms with E-state index >= 15 is 0 Å². The predicted octanol–water partition coefficient (Wildman–Crippen LogP) is 2.89. The lowest BCUT2D eigenvalue weighted by Gasteiger charge is -2.32. The Morgan fingerprint density at radius 2 is 2.12 bits per heavy atom. The number of nitrogens with one attached hydrogen (secondary N) is 1. The number of hydrogen-bond acceptors (Lipinski definition) is 7. The first-order chi connectivity index (χ1) is 12.6. The Kier molecular flexibility index (Phi) is 5.55. The fourth-order valence-electron chi connectivity index (χ4n) is 3.18. The molecule has 3 N–H and O–H groups in total. The van der Waals surface area contributed by atoms with Gasteiger partial charge in [0.25, 0.3) is 0 Å². The van der Waals surface area contributed by atoms with Crippen molar-refractivity contribution < 1.29 is 9.53 Å². The summed E-state index contributed by atoms with van der Waals surface area (Å²) < 4.78 is 5.12. The summed E-state index contributed by atoms with van der Waals surface area (Å²) in [7, 11) is 0. The molecule has 1 aromatic heterocycles. The van der Waals surface area contributed by atoms with Crippen LogP contribution >= 0.6 is 0 Å². The van der Waals surface area contributed by atoms with E-state index in [2.05, 4.69) is 20.2 Å². The third kappa shape index (κ3) is 4.04. The van der Waals surface area contributed by atoms with Crippen LogP contribution in [0.15, 0.2) is 30.6 Å². The van der Waals surface area contributed by atoms with Crippen LogP contribution in [-0.4, -0.2) is 35.6 Å². The van der Waals surface area contributed by atoms with E-state index in [0.717, 1.165) is 24.1 Å². The van der Waals surface area contributed by atoms with Crippen LogP contribution in [-0.2, 0) is 9.53 Å². The number of nitrogen functional groups attached to an aromatic ring is 1. The van der Waals surface area contributed by atoms with Crippen molar-refractivity contribution in [2.45, 2.75) is 26.7 Å². The van der Waals surface area contributed by atoms with Crippen molar-refractivity contribution in [3.05, 3.63) is 36.2 Å². The number of rotatable bonds is 5. The van der Waals surface area contributed by atoms with E-state index in [0.29, 0.717) is 37.0 Å². The maximum Gasteiger partial charge on any atom is 0.309 e. The van der Waals surface area contributed by atoms with Gasteiger partial charge in [0.15, 0.2) is 11.6 Å². The molecule has 3 rings (SSSR count). The molecule has 0 aliphatic carbocycles. The van der Waals surface area contributed by atoms with E-state index < -0.39 is 0 Å². The van der Waals surface area contributed by atoms with Crippen molar-refractivity contribution >= 4 is 29.0 Å². The van der Waals surface area contributed by atoms with Crippen molar-refractivity contribution in [1.29, 1.82) is 0 Å². The molecule has 1 aliphatic rings. The van der Waals surface area contributed by atoms with Gasteiger partial charge in [0.1, 0.15) is 12.0 Å². The fraction of sp³-hybridized carbons (Fsp3) is 0.421. The van der Waals surface area contributed by atoms with Crippen LogP contribution in [0, 0.1) is 12.8 Å². The quantitative estimate of drug-likeness (QED) is 0.797. The minimum Gasteiger partial charge on any atom is -0.466 e. The zero-order chi connectivity index (χ0) is 18.5. The molecule has 1 aliphatic heterocycles. The topological polar surface area (TPSA) is 93.4 Å². The van der Waals surface area contributed by atoms with Gasteiger partial charge in [-0.25, -0.2) is 9.97 Å². The molecule has 0 amide bonds. The largest absolute Gasteiger partial charge is 0.466 e. The maximum absolute atomic E-state index is 11.9. The minimum absolute atomic E-state index is 0.0425. The van der Waals surface area contributed by atoms with Crippen LogP contribution in [0.25, 0.3) is 0 Å². The molecular weight excluding hydrogens is 330 g/mol. The Morgan fingerprint density at radius 3 is 2.81 bits per heavy atom. The van der Waals surface area contributed by atoms with Gasteiger partial charge in [0.05, 0.1) is 12.5 Å². The van der Waals surface area contributed by atoms with Crippen molar-refractivity contribution in [1.82, 2.24) is 9.97 Å². The zero-order valence-corrected chi connectivity index (χ0v) is 15.2. The van der Waals surface area contributed by atoms with Crippen LogP contribution in [0.3, 0.4) is 0 Å². The number of anilines is 4. The Balaban J connectivity index is 1.71. The first kappa shape index (κ1) is 18.0. The highest BCUT2D eigenvalue weighted by molar-refractivity contribution is 5.79. The van der Waals surface area contributed by atoms with Crippen LogP contribution in [0.5, 0.6) is 0 Å². The summed E-state index contributed by atoms with van der Waals surface area (Å²) in [6, 6.07) is 8.02. The summed E-state index contributed by atoms with van der Waals surface area (Å²) in [5, 5.41) is 3.26. The first-order valence-electron chi connectivity index (χ1n) is 8.94. The molecule has 0 radical (unpaired) electrons. The molecule has 0 spiro atoms. The molecule has 1 aromatic carbocycles. The summed E-state index contributed by atoms with van der Waals surface area (Å²) in [5.74, 6) is 1.15. The summed E-state index contributed by atoms with van der Waals surface area (Å²) in [6.45, 7) is 5.72. The standard InChI is InChI=1S/C19H25N5O2/c1-3-26-19(25)14-7-9-24(10-8-14)18-16(20)17(21-12-22-18)23-15-6-4-5-13(2)11-15/h4-6,11-12,14H,3,7-10,20H2,1-2H3,(H,21,22,23). The molecule has 0 saturated carbocycles. The number of aryl methyl sites for hydroxylation is 1. The first-order valence-corrected chi connectivity index (χ1v) is 8.94. The second-order valence-corrected chi connectivity index (χ2v) is 6.47. The van der Waals surface area contributed by atoms with Crippen molar-refractivity contribution in [3.63, 3.8) is 0 Å². The van der Waals surface area contributed by atoms with Gasteiger partial charge in [-0.2, -0.15) is 0 Å². The lowest BCUT2D eigenvalue weighted by atomic mass is 9.97. The Hall–Kier alpha value is -2.83. The van der Waals surface area contributed by atoms with Crippen molar-refractivity contribution in [2.24, 2.45) is 5.92 Å². The average molecular weight is 355 g/mol. The molecule has 1 fully saturated rings. The lowest BCUT2D eigenvalue weighted by molar-refractivity contribution is -0.148. The Morgan fingerprint density at radius 1 is 1.35 bits per heavy atom. The third-order valence-corrected chi connectivity index (χ3v) is 4.56. The molecule has 138 valence electrons. The Bertz CT molecular complexity index is 772. The fourth-order valence-corrected chi connectivity index (χ4v) is 3.18. The number of ether oxygens (including phenoxy) is 1. The maximum atomic E-state index is 11.9. The molecule has 26 heavy (non-hydrogen) atoms. The highest BCUT2D eigenvalue weighted by atomic mass is 16.5. The van der Waals surface area contributed by atoms with E-state index in [1.54, 1.807) is 0 Å². The van der Waals surface area contributed by atoms with E-state index in [1.807, 2.05) is 38.1 Å². The number of benzene rings is 1. The molecule has 0 atom stereocenters. The van der Waals surface area contributed by atoms with Gasteiger partial charge in [-0.1, -0.05) is 12.1 Å². The number of carbonyl (C=O) groups excluding carboxylic acids is 1. The van der Waals surface area contributed by atoms with Gasteiger partial charge in [-0.15, -0.1) is 0 Å². The smallest absolute Gasteiger partial charge is 0.309 e. The van der Waals surface area contributed by atoms with Gasteiger partial charge in [0.2, 0.25) is 0 Å². The molecule has 0 bridgehead atoms. The summed E-state index contributed by atoms with van der Waals surface area (Å²) in [4.78, 5) is 22.6. The number of carbonyl (C=O) groups is 1. The van der Waals surface area contributed by atoms with Crippen molar-refractivity contribution in [3.8, 4) is 0 Å². The molecule has 7 nitrogen and oxygen atoms in total. The number of piperidine rings is 1. The highest BCUT2D eigenvalue weighted by Crippen LogP contribution is 2.31. The van der Waals surface area contributed by atoms with E-state index in [-0.39, 0.29) is 11.9 Å². The summed E-state index contributed by atoms with van der Waals surface area (Å²) in [6.07, 6.45) is 2.99. The number of aromatic nitrogens is 2. The third-order valence-electron chi connectivity index (χ3n) is 4.56. The molecule has 2 aromatic rings. The number of hydrogen-bond donors (Lipinski definition) is 2. The van der Waals surface area contributed by atoms with Crippen LogP contribution < -0.4 is 16.0 Å². The second kappa shape index (κ2) is 8.03. The normalized spacial score (nSPS) is 14.9. The van der Waals surface area contributed by atoms with Gasteiger partial charge in [0, 0.05) is 18.8 Å². The number of nitrogens with zero attached hydrogens (tertiary/aromatic N) is 3. The zero-order valence-electron chi connectivity index (χ0n) is 15.2. The monoisotopic (exact) mass is 355 g/mol. The molecule has 0 unspecified atom stereocenters. The minimum atomic E-state index is -0.107. The van der Waals surface area contributed by atoms with Crippen molar-refractivity contribution in [2.75, 3.05) is 35.6 Å². The van der Waals surface area contributed by atoms with E-state index in [1.165, 1.54) is 6.33 Å². The predicted molar refractivity (Wildman–Crippen MR) is 102 cm³/mol. The van der Waals surface area contributed by atoms with Gasteiger partial charge in [-0.05, 0) is 44.4 Å². The van der Waals surface area contributed by atoms with Crippen LogP contribution in [0.4, 0.5) is 23.0 Å². The molecule has 1 saturated heterocycles. The van der Waals surface area contributed by atoms with Gasteiger partial charge >= 0.3 is 5.97 Å². The SMILES string of the molecule is CCOC(=O)C1CCN(c2ncnc(Nc3cccc(C)c3)c2N)CC1.